The molecule has 0 saturated carbocycles. The molecule has 28 heavy (non-hydrogen) atoms. The SMILES string of the molecule is CC(=O)CS(OS(=O)(=O)C(F)(F)C(F)(F)C(F)(F)C(F)(F)F)(C(C)C)C(C)C. The third-order valence-corrected chi connectivity index (χ3v) is 10.3. The van der Waals surface area contributed by atoms with Crippen LogP contribution < -0.4 is 0 Å². The Morgan fingerprint density at radius 2 is 1.18 bits per heavy atom. The van der Waals surface area contributed by atoms with E-state index in [0.717, 1.165) is 6.92 Å². The highest BCUT2D eigenvalue weighted by atomic mass is 32.3. The van der Waals surface area contributed by atoms with Crippen molar-refractivity contribution >= 4 is 26.2 Å². The van der Waals surface area contributed by atoms with Crippen LogP contribution in [0.1, 0.15) is 34.6 Å². The lowest BCUT2D eigenvalue weighted by Gasteiger charge is -2.46. The molecule has 0 spiro atoms. The van der Waals surface area contributed by atoms with Crippen LogP contribution >= 0.6 is 10.3 Å². The van der Waals surface area contributed by atoms with Crippen LogP contribution in [0.15, 0.2) is 0 Å². The minimum Gasteiger partial charge on any atom is -0.299 e. The first-order valence-electron chi connectivity index (χ1n) is 7.45. The van der Waals surface area contributed by atoms with E-state index in [9.17, 15) is 52.7 Å². The molecule has 0 radical (unpaired) electrons. The zero-order valence-electron chi connectivity index (χ0n) is 15.2. The van der Waals surface area contributed by atoms with Gasteiger partial charge < -0.3 is 0 Å². The molecule has 170 valence electrons. The molecule has 0 fully saturated rings. The molecule has 0 aromatic rings. The summed E-state index contributed by atoms with van der Waals surface area (Å²) in [7, 11) is -10.5. The Morgan fingerprint density at radius 3 is 1.43 bits per heavy atom. The van der Waals surface area contributed by atoms with E-state index >= 15 is 0 Å². The van der Waals surface area contributed by atoms with Crippen LogP contribution in [0.3, 0.4) is 0 Å². The summed E-state index contributed by atoms with van der Waals surface area (Å²) < 4.78 is 145. The quantitative estimate of drug-likeness (QED) is 0.447. The van der Waals surface area contributed by atoms with Gasteiger partial charge in [-0.3, -0.25) is 4.79 Å². The van der Waals surface area contributed by atoms with Crippen LogP contribution in [0.25, 0.3) is 0 Å². The predicted molar refractivity (Wildman–Crippen MR) is 84.3 cm³/mol. The summed E-state index contributed by atoms with van der Waals surface area (Å²) in [5, 5.41) is -9.00. The molecule has 0 N–H and O–H groups in total. The number of halogens is 9. The van der Waals surface area contributed by atoms with Crippen LogP contribution in [0.5, 0.6) is 0 Å². The number of carbonyl (C=O) groups excluding carboxylic acids is 1. The topological polar surface area (TPSA) is 60.4 Å². The number of Topliss-reactive ketones (excluding diaryl/α,β-unsaturated/α-hetero) is 1. The van der Waals surface area contributed by atoms with Gasteiger partial charge in [0.05, 0.1) is 5.75 Å². The van der Waals surface area contributed by atoms with Crippen LogP contribution in [0.4, 0.5) is 39.5 Å². The molecule has 0 rings (SSSR count). The Hall–Kier alpha value is -0.700. The van der Waals surface area contributed by atoms with Crippen molar-refractivity contribution in [2.75, 3.05) is 5.75 Å². The van der Waals surface area contributed by atoms with Gasteiger partial charge in [0.25, 0.3) is 0 Å². The maximum absolute atomic E-state index is 13.9. The Morgan fingerprint density at radius 1 is 0.821 bits per heavy atom. The molecule has 4 nitrogen and oxygen atoms in total. The zero-order chi connectivity index (χ0) is 23.1. The molecule has 0 amide bonds. The van der Waals surface area contributed by atoms with E-state index in [1.807, 2.05) is 0 Å². The van der Waals surface area contributed by atoms with E-state index < -0.39 is 65.7 Å². The molecule has 0 unspecified atom stereocenters. The van der Waals surface area contributed by atoms with Crippen LogP contribution in [-0.2, 0) is 18.5 Å². The van der Waals surface area contributed by atoms with Gasteiger partial charge in [-0.2, -0.15) is 47.9 Å². The number of hydrogen-bond donors (Lipinski definition) is 0. The lowest BCUT2D eigenvalue weighted by Crippen LogP contribution is -2.63. The van der Waals surface area contributed by atoms with Crippen LogP contribution in [0, 0.1) is 0 Å². The van der Waals surface area contributed by atoms with Crippen molar-refractivity contribution in [3.05, 3.63) is 0 Å². The van der Waals surface area contributed by atoms with Gasteiger partial charge in [0.2, 0.25) is 0 Å². The first-order chi connectivity index (χ1) is 12.0. The standard InChI is InChI=1S/C13H19F9O4S2/c1-7(2)27(8(3)4,6-9(5)23)26-28(24,25)13(21,22)11(16,17)10(14,15)12(18,19)20/h7-8H,6H2,1-5H3. The first-order valence-corrected chi connectivity index (χ1v) is 10.7. The average molecular weight is 474 g/mol. The maximum Gasteiger partial charge on any atom is 0.460 e. The number of alkyl halides is 9. The number of rotatable bonds is 9. The van der Waals surface area contributed by atoms with Gasteiger partial charge in [-0.05, 0) is 6.92 Å². The van der Waals surface area contributed by atoms with Crippen molar-refractivity contribution in [1.82, 2.24) is 0 Å². The van der Waals surface area contributed by atoms with E-state index in [-0.39, 0.29) is 0 Å². The summed E-state index contributed by atoms with van der Waals surface area (Å²) in [5.74, 6) is -16.4. The fourth-order valence-electron chi connectivity index (χ4n) is 2.10. The Kier molecular flexibility index (Phi) is 7.66. The summed E-state index contributed by atoms with van der Waals surface area (Å²) in [6.45, 7) is 5.72. The Labute approximate surface area is 157 Å². The number of carbonyl (C=O) groups is 1. The van der Waals surface area contributed by atoms with Crippen molar-refractivity contribution in [3.63, 3.8) is 0 Å². The normalized spacial score (nSPS) is 16.0. The van der Waals surface area contributed by atoms with Gasteiger partial charge in [0.15, 0.2) is 0 Å². The molecule has 0 aliphatic rings. The van der Waals surface area contributed by atoms with Gasteiger partial charge in [-0.15, -0.1) is 10.3 Å². The number of ketones is 1. The maximum atomic E-state index is 13.9. The summed E-state index contributed by atoms with van der Waals surface area (Å²) in [4.78, 5) is 11.4. The minimum atomic E-state index is -7.38. The molecule has 0 aromatic heterocycles. The third-order valence-electron chi connectivity index (χ3n) is 3.67. The molecule has 0 heterocycles. The molecule has 0 bridgehead atoms. The fraction of sp³-hybridized carbons (Fsp3) is 0.923. The summed E-state index contributed by atoms with van der Waals surface area (Å²) in [6, 6.07) is 0. The molecule has 0 saturated heterocycles. The lowest BCUT2D eigenvalue weighted by atomic mass is 10.1. The largest absolute Gasteiger partial charge is 0.460 e. The molecule has 0 atom stereocenters. The van der Waals surface area contributed by atoms with E-state index in [1.165, 1.54) is 27.7 Å². The Bertz CT molecular complexity index is 677. The summed E-state index contributed by atoms with van der Waals surface area (Å²) >= 11 is 0. The molecule has 0 aliphatic carbocycles. The van der Waals surface area contributed by atoms with E-state index in [1.54, 1.807) is 0 Å². The predicted octanol–water partition coefficient (Wildman–Crippen LogP) is 4.88. The molecule has 0 aromatic carbocycles. The number of hydrogen-bond acceptors (Lipinski definition) is 4. The molecular weight excluding hydrogens is 455 g/mol. The Balaban J connectivity index is 6.53. The molecular formula is C13H19F9O4S2. The zero-order valence-corrected chi connectivity index (χ0v) is 16.8. The first kappa shape index (κ1) is 27.3. The summed E-state index contributed by atoms with van der Waals surface area (Å²) in [6.07, 6.45) is -7.17. The van der Waals surface area contributed by atoms with Gasteiger partial charge in [0.1, 0.15) is 5.78 Å². The second-order valence-electron chi connectivity index (χ2n) is 6.41. The van der Waals surface area contributed by atoms with Crippen molar-refractivity contribution < 1.29 is 56.4 Å². The van der Waals surface area contributed by atoms with Crippen molar-refractivity contribution in [1.29, 1.82) is 0 Å². The van der Waals surface area contributed by atoms with Gasteiger partial charge in [-0.1, -0.05) is 27.7 Å². The average Bonchev–Trinajstić information content (AvgIpc) is 2.43. The third kappa shape index (κ3) is 4.40. The van der Waals surface area contributed by atoms with E-state index in [2.05, 4.69) is 3.63 Å². The lowest BCUT2D eigenvalue weighted by molar-refractivity contribution is -0.382. The highest BCUT2D eigenvalue weighted by molar-refractivity contribution is 8.34. The highest BCUT2D eigenvalue weighted by Gasteiger charge is 2.86. The molecule has 15 heteroatoms. The van der Waals surface area contributed by atoms with E-state index in [0.29, 0.717) is 0 Å². The van der Waals surface area contributed by atoms with Gasteiger partial charge in [0, 0.05) is 10.5 Å². The monoisotopic (exact) mass is 474 g/mol. The summed E-state index contributed by atoms with van der Waals surface area (Å²) in [5.41, 5.74) is 0. The highest BCUT2D eigenvalue weighted by Crippen LogP contribution is 2.62. The van der Waals surface area contributed by atoms with Crippen molar-refractivity contribution in [3.8, 4) is 0 Å². The second kappa shape index (κ2) is 7.85. The van der Waals surface area contributed by atoms with Gasteiger partial charge >= 0.3 is 33.4 Å². The smallest absolute Gasteiger partial charge is 0.299 e. The molecule has 0 aliphatic heterocycles. The fourth-order valence-corrected chi connectivity index (χ4v) is 8.06. The van der Waals surface area contributed by atoms with Crippen LogP contribution in [0.2, 0.25) is 0 Å². The van der Waals surface area contributed by atoms with Gasteiger partial charge in [-0.25, -0.2) is 3.63 Å². The van der Waals surface area contributed by atoms with Crippen molar-refractivity contribution in [2.45, 2.75) is 68.4 Å². The minimum absolute atomic E-state index is 0.789. The van der Waals surface area contributed by atoms with Crippen molar-refractivity contribution in [2.24, 2.45) is 0 Å². The van der Waals surface area contributed by atoms with E-state index in [4.69, 9.17) is 0 Å². The van der Waals surface area contributed by atoms with Crippen LogP contribution in [-0.4, -0.2) is 53.7 Å². The second-order valence-corrected chi connectivity index (χ2v) is 12.1.